The monoisotopic (exact) mass is 380 g/mol. The third-order valence-corrected chi connectivity index (χ3v) is 5.19. The lowest BCUT2D eigenvalue weighted by Crippen LogP contribution is -2.44. The van der Waals surface area contributed by atoms with E-state index < -0.39 is 6.23 Å². The van der Waals surface area contributed by atoms with Crippen molar-refractivity contribution in [1.82, 2.24) is 24.8 Å². The zero-order valence-corrected chi connectivity index (χ0v) is 16.5. The maximum absolute atomic E-state index is 10.6. The summed E-state index contributed by atoms with van der Waals surface area (Å²) in [6.45, 7) is 7.94. The van der Waals surface area contributed by atoms with Gasteiger partial charge in [0.2, 0.25) is 0 Å². The molecule has 7 nitrogen and oxygen atoms in total. The van der Waals surface area contributed by atoms with Crippen molar-refractivity contribution in [3.8, 4) is 11.1 Å². The summed E-state index contributed by atoms with van der Waals surface area (Å²) in [6, 6.07) is 10.4. The lowest BCUT2D eigenvalue weighted by Gasteiger charge is -2.30. The molecule has 0 amide bonds. The van der Waals surface area contributed by atoms with Gasteiger partial charge in [0.05, 0.1) is 6.20 Å². The fourth-order valence-electron chi connectivity index (χ4n) is 3.60. The van der Waals surface area contributed by atoms with Crippen LogP contribution in [-0.4, -0.2) is 57.0 Å². The van der Waals surface area contributed by atoms with E-state index in [0.29, 0.717) is 6.54 Å². The molecule has 0 fully saturated rings. The van der Waals surface area contributed by atoms with Crippen molar-refractivity contribution < 1.29 is 5.11 Å². The predicted molar refractivity (Wildman–Crippen MR) is 111 cm³/mol. The van der Waals surface area contributed by atoms with Crippen molar-refractivity contribution in [2.75, 3.05) is 31.5 Å². The van der Waals surface area contributed by atoms with Crippen molar-refractivity contribution in [3.05, 3.63) is 48.3 Å². The summed E-state index contributed by atoms with van der Waals surface area (Å²) in [5.41, 5.74) is 4.20. The molecule has 1 aliphatic heterocycles. The van der Waals surface area contributed by atoms with Gasteiger partial charge >= 0.3 is 0 Å². The van der Waals surface area contributed by atoms with Gasteiger partial charge in [0.25, 0.3) is 0 Å². The lowest BCUT2D eigenvalue weighted by molar-refractivity contribution is -0.0267. The van der Waals surface area contributed by atoms with E-state index in [1.807, 2.05) is 32.3 Å². The SMILES string of the molecule is CC(C)C(O)N1CCNCc2cccc(c2)-c2cnn3ccc(nc23)NCC1. The molecule has 0 spiro atoms. The number of benzene rings is 1. The Morgan fingerprint density at radius 3 is 2.86 bits per heavy atom. The van der Waals surface area contributed by atoms with E-state index >= 15 is 0 Å². The van der Waals surface area contributed by atoms with Crippen molar-refractivity contribution in [2.45, 2.75) is 26.6 Å². The maximum Gasteiger partial charge on any atom is 0.165 e. The highest BCUT2D eigenvalue weighted by molar-refractivity contribution is 5.78. The minimum absolute atomic E-state index is 0.183. The van der Waals surface area contributed by atoms with Gasteiger partial charge < -0.3 is 15.7 Å². The third-order valence-electron chi connectivity index (χ3n) is 5.19. The molecule has 1 unspecified atom stereocenters. The Bertz CT molecular complexity index is 938. The van der Waals surface area contributed by atoms with Crippen LogP contribution in [0, 0.1) is 5.92 Å². The van der Waals surface area contributed by atoms with Gasteiger partial charge in [-0.05, 0) is 29.2 Å². The van der Waals surface area contributed by atoms with Crippen LogP contribution in [-0.2, 0) is 6.54 Å². The third kappa shape index (κ3) is 4.01. The molecule has 28 heavy (non-hydrogen) atoms. The van der Waals surface area contributed by atoms with E-state index in [-0.39, 0.29) is 5.92 Å². The first-order valence-corrected chi connectivity index (χ1v) is 9.92. The summed E-state index contributed by atoms with van der Waals surface area (Å²) in [6.07, 6.45) is 3.34. The number of nitrogens with one attached hydrogen (secondary N) is 2. The molecule has 0 saturated carbocycles. The number of anilines is 1. The molecule has 1 aliphatic rings. The van der Waals surface area contributed by atoms with Crippen LogP contribution in [0.4, 0.5) is 5.82 Å². The van der Waals surface area contributed by atoms with Crippen LogP contribution in [0.1, 0.15) is 19.4 Å². The lowest BCUT2D eigenvalue weighted by atomic mass is 10.1. The Labute approximate surface area is 165 Å². The summed E-state index contributed by atoms with van der Waals surface area (Å²) >= 11 is 0. The molecule has 148 valence electrons. The van der Waals surface area contributed by atoms with Crippen molar-refractivity contribution in [2.24, 2.45) is 5.92 Å². The Morgan fingerprint density at radius 2 is 2.00 bits per heavy atom. The van der Waals surface area contributed by atoms with Crippen molar-refractivity contribution in [3.63, 3.8) is 0 Å². The number of aliphatic hydroxyl groups is 1. The Morgan fingerprint density at radius 1 is 1.14 bits per heavy atom. The van der Waals surface area contributed by atoms with E-state index in [4.69, 9.17) is 4.98 Å². The summed E-state index contributed by atoms with van der Waals surface area (Å²) < 4.78 is 1.80. The van der Waals surface area contributed by atoms with Crippen LogP contribution < -0.4 is 10.6 Å². The van der Waals surface area contributed by atoms with Gasteiger partial charge in [-0.15, -0.1) is 0 Å². The largest absolute Gasteiger partial charge is 0.378 e. The number of hydrogen-bond acceptors (Lipinski definition) is 6. The Kier molecular flexibility index (Phi) is 5.57. The van der Waals surface area contributed by atoms with Crippen LogP contribution in [0.2, 0.25) is 0 Å². The molecule has 3 N–H and O–H groups in total. The van der Waals surface area contributed by atoms with Crippen molar-refractivity contribution in [1.29, 1.82) is 0 Å². The second-order valence-corrected chi connectivity index (χ2v) is 7.64. The van der Waals surface area contributed by atoms with E-state index in [1.54, 1.807) is 4.52 Å². The number of aromatic nitrogens is 3. The van der Waals surface area contributed by atoms with E-state index in [0.717, 1.165) is 48.8 Å². The average molecular weight is 380 g/mol. The van der Waals surface area contributed by atoms with Gasteiger partial charge in [-0.3, -0.25) is 4.90 Å². The molecule has 4 bridgehead atoms. The van der Waals surface area contributed by atoms with Crippen molar-refractivity contribution >= 4 is 11.5 Å². The maximum atomic E-state index is 10.6. The van der Waals surface area contributed by atoms with Crippen LogP contribution in [0.5, 0.6) is 0 Å². The van der Waals surface area contributed by atoms with Gasteiger partial charge in [0.15, 0.2) is 5.65 Å². The molecule has 7 heteroatoms. The molecule has 1 aromatic carbocycles. The molecule has 0 radical (unpaired) electrons. The first-order valence-electron chi connectivity index (χ1n) is 9.92. The molecule has 3 heterocycles. The molecular weight excluding hydrogens is 352 g/mol. The number of fused-ring (bicyclic) bond motifs is 4. The zero-order valence-electron chi connectivity index (χ0n) is 16.5. The van der Waals surface area contributed by atoms with E-state index in [1.165, 1.54) is 5.56 Å². The number of rotatable bonds is 2. The smallest absolute Gasteiger partial charge is 0.165 e. The fraction of sp³-hybridized carbons (Fsp3) is 0.429. The quantitative estimate of drug-likeness (QED) is 0.633. The normalized spacial score (nSPS) is 17.3. The summed E-state index contributed by atoms with van der Waals surface area (Å²) in [4.78, 5) is 6.89. The molecular formula is C21H28N6O. The summed E-state index contributed by atoms with van der Waals surface area (Å²) in [5, 5.41) is 21.9. The second kappa shape index (κ2) is 8.26. The van der Waals surface area contributed by atoms with Crippen LogP contribution in [0.15, 0.2) is 42.7 Å². The first kappa shape index (κ1) is 18.9. The van der Waals surface area contributed by atoms with E-state index in [9.17, 15) is 5.11 Å². The van der Waals surface area contributed by atoms with Gasteiger partial charge in [-0.2, -0.15) is 5.10 Å². The molecule has 1 atom stereocenters. The number of nitrogens with zero attached hydrogens (tertiary/aromatic N) is 4. The average Bonchev–Trinajstić information content (AvgIpc) is 3.12. The van der Waals surface area contributed by atoms with Crippen LogP contribution in [0.25, 0.3) is 16.8 Å². The van der Waals surface area contributed by atoms with Gasteiger partial charge in [-0.25, -0.2) is 9.50 Å². The molecule has 0 aliphatic carbocycles. The van der Waals surface area contributed by atoms with Crippen LogP contribution >= 0.6 is 0 Å². The Hall–Kier alpha value is -2.48. The first-order chi connectivity index (χ1) is 13.6. The Balaban J connectivity index is 1.67. The molecule has 3 aromatic rings. The van der Waals surface area contributed by atoms with Gasteiger partial charge in [0, 0.05) is 44.5 Å². The topological polar surface area (TPSA) is 77.7 Å². The minimum Gasteiger partial charge on any atom is -0.378 e. The van der Waals surface area contributed by atoms with E-state index in [2.05, 4.69) is 44.9 Å². The number of hydrogen-bond donors (Lipinski definition) is 3. The minimum atomic E-state index is -0.459. The fourth-order valence-corrected chi connectivity index (χ4v) is 3.60. The standard InChI is InChI=1S/C21H28N6O/c1-15(2)21(28)26-10-7-22-13-16-4-3-5-17(12-16)18-14-24-27-9-6-19(23-8-11-26)25-20(18)27/h3-6,9,12,14-15,21-22,28H,7-8,10-11,13H2,1-2H3,(H,23,25). The van der Waals surface area contributed by atoms with Crippen LogP contribution in [0.3, 0.4) is 0 Å². The van der Waals surface area contributed by atoms with Gasteiger partial charge in [-0.1, -0.05) is 32.0 Å². The predicted octanol–water partition coefficient (Wildman–Crippen LogP) is 2.19. The summed E-state index contributed by atoms with van der Waals surface area (Å²) in [5.74, 6) is 1.000. The molecule has 0 saturated heterocycles. The zero-order chi connectivity index (χ0) is 19.5. The number of aliphatic hydroxyl groups excluding tert-OH is 1. The molecule has 2 aromatic heterocycles. The van der Waals surface area contributed by atoms with Gasteiger partial charge in [0.1, 0.15) is 12.0 Å². The highest BCUT2D eigenvalue weighted by Crippen LogP contribution is 2.25. The highest BCUT2D eigenvalue weighted by Gasteiger charge is 2.18. The molecule has 4 rings (SSSR count). The summed E-state index contributed by atoms with van der Waals surface area (Å²) in [7, 11) is 0. The highest BCUT2D eigenvalue weighted by atomic mass is 16.3. The second-order valence-electron chi connectivity index (χ2n) is 7.64.